The molecule has 0 saturated heterocycles. The smallest absolute Gasteiger partial charge is 0.0701 e. The first kappa shape index (κ1) is 12.9. The molecule has 0 bridgehead atoms. The first-order chi connectivity index (χ1) is 7.33. The quantitative estimate of drug-likeness (QED) is 0.586. The lowest BCUT2D eigenvalue weighted by Crippen LogP contribution is -2.18. The fraction of sp³-hybridized carbons (Fsp3) is 0.455. The number of rotatable bonds is 8. The van der Waals surface area contributed by atoms with Crippen molar-refractivity contribution >= 4 is 27.3 Å². The van der Waals surface area contributed by atoms with Crippen LogP contribution < -0.4 is 5.32 Å². The second kappa shape index (κ2) is 8.05. The highest BCUT2D eigenvalue weighted by atomic mass is 79.9. The van der Waals surface area contributed by atoms with Crippen molar-refractivity contribution in [1.29, 1.82) is 0 Å². The zero-order chi connectivity index (χ0) is 10.9. The normalized spacial score (nSPS) is 10.5. The minimum absolute atomic E-state index is 0.764. The summed E-state index contributed by atoms with van der Waals surface area (Å²) in [7, 11) is 0. The standard InChI is InChI=1S/C11H16BrNOS/c1-2-3-7-14-8-6-13-9-10-4-5-11(12)15-10/h2,4-5,13H,1,3,6-9H2. The lowest BCUT2D eigenvalue weighted by molar-refractivity contribution is 0.140. The third kappa shape index (κ3) is 6.10. The Hall–Kier alpha value is -0.160. The van der Waals surface area contributed by atoms with E-state index in [0.717, 1.165) is 32.7 Å². The summed E-state index contributed by atoms with van der Waals surface area (Å²) in [6.45, 7) is 6.99. The largest absolute Gasteiger partial charge is 0.380 e. The minimum Gasteiger partial charge on any atom is -0.380 e. The molecule has 1 heterocycles. The minimum atomic E-state index is 0.764. The van der Waals surface area contributed by atoms with E-state index < -0.39 is 0 Å². The predicted molar refractivity (Wildman–Crippen MR) is 69.4 cm³/mol. The summed E-state index contributed by atoms with van der Waals surface area (Å²) in [4.78, 5) is 1.34. The van der Waals surface area contributed by atoms with E-state index in [2.05, 4.69) is 40.0 Å². The molecule has 0 saturated carbocycles. The molecule has 0 unspecified atom stereocenters. The van der Waals surface area contributed by atoms with Crippen molar-refractivity contribution in [2.24, 2.45) is 0 Å². The molecule has 0 aliphatic carbocycles. The van der Waals surface area contributed by atoms with Crippen molar-refractivity contribution in [2.75, 3.05) is 19.8 Å². The van der Waals surface area contributed by atoms with Gasteiger partial charge in [-0.2, -0.15) is 0 Å². The first-order valence-electron chi connectivity index (χ1n) is 4.96. The van der Waals surface area contributed by atoms with Crippen molar-refractivity contribution in [1.82, 2.24) is 5.32 Å². The average molecular weight is 290 g/mol. The lowest BCUT2D eigenvalue weighted by atomic mass is 10.4. The Balaban J connectivity index is 1.95. The lowest BCUT2D eigenvalue weighted by Gasteiger charge is -2.03. The molecule has 0 aromatic carbocycles. The summed E-state index contributed by atoms with van der Waals surface area (Å²) in [5.74, 6) is 0. The molecule has 0 fully saturated rings. The van der Waals surface area contributed by atoms with Crippen LogP contribution >= 0.6 is 27.3 Å². The van der Waals surface area contributed by atoms with Gasteiger partial charge in [-0.1, -0.05) is 6.08 Å². The molecule has 2 nitrogen and oxygen atoms in total. The molecule has 0 aliphatic rings. The zero-order valence-electron chi connectivity index (χ0n) is 8.67. The van der Waals surface area contributed by atoms with Crippen LogP contribution in [0.5, 0.6) is 0 Å². The highest BCUT2D eigenvalue weighted by Gasteiger charge is 1.96. The van der Waals surface area contributed by atoms with Crippen LogP contribution in [0.1, 0.15) is 11.3 Å². The molecule has 1 rings (SSSR count). The Morgan fingerprint density at radius 2 is 2.33 bits per heavy atom. The molecule has 1 aromatic heterocycles. The van der Waals surface area contributed by atoms with Crippen LogP contribution in [-0.4, -0.2) is 19.8 Å². The second-order valence-corrected chi connectivity index (χ2v) is 5.62. The number of hydrogen-bond acceptors (Lipinski definition) is 3. The maximum atomic E-state index is 5.38. The van der Waals surface area contributed by atoms with E-state index in [1.54, 1.807) is 11.3 Å². The summed E-state index contributed by atoms with van der Waals surface area (Å²) in [6, 6.07) is 4.20. The number of ether oxygens (including phenoxy) is 1. The highest BCUT2D eigenvalue weighted by Crippen LogP contribution is 2.21. The summed E-state index contributed by atoms with van der Waals surface area (Å²) < 4.78 is 6.56. The molecule has 1 aromatic rings. The van der Waals surface area contributed by atoms with E-state index in [0.29, 0.717) is 0 Å². The van der Waals surface area contributed by atoms with Crippen molar-refractivity contribution in [3.05, 3.63) is 33.5 Å². The molecular weight excluding hydrogens is 274 g/mol. The highest BCUT2D eigenvalue weighted by molar-refractivity contribution is 9.11. The van der Waals surface area contributed by atoms with Crippen LogP contribution in [0.15, 0.2) is 28.6 Å². The van der Waals surface area contributed by atoms with Gasteiger partial charge in [-0.3, -0.25) is 0 Å². The van der Waals surface area contributed by atoms with Crippen LogP contribution in [-0.2, 0) is 11.3 Å². The second-order valence-electron chi connectivity index (χ2n) is 3.07. The first-order valence-corrected chi connectivity index (χ1v) is 6.57. The summed E-state index contributed by atoms with van der Waals surface area (Å²) in [5.41, 5.74) is 0. The summed E-state index contributed by atoms with van der Waals surface area (Å²) in [5, 5.41) is 3.33. The van der Waals surface area contributed by atoms with Crippen molar-refractivity contribution in [3.8, 4) is 0 Å². The third-order valence-electron chi connectivity index (χ3n) is 1.82. The number of thiophene rings is 1. The molecule has 1 N–H and O–H groups in total. The van der Waals surface area contributed by atoms with E-state index in [4.69, 9.17) is 4.74 Å². The SMILES string of the molecule is C=CCCOCCNCc1ccc(Br)s1. The molecule has 84 valence electrons. The van der Waals surface area contributed by atoms with Gasteiger partial charge in [0.05, 0.1) is 17.0 Å². The van der Waals surface area contributed by atoms with E-state index in [-0.39, 0.29) is 0 Å². The van der Waals surface area contributed by atoms with Gasteiger partial charge in [0.15, 0.2) is 0 Å². The Morgan fingerprint density at radius 3 is 3.00 bits per heavy atom. The third-order valence-corrected chi connectivity index (χ3v) is 3.44. The molecule has 15 heavy (non-hydrogen) atoms. The molecule has 4 heteroatoms. The molecule has 0 amide bonds. The molecule has 0 spiro atoms. The molecule has 0 aliphatic heterocycles. The Bertz CT molecular complexity index is 288. The molecule has 0 atom stereocenters. The molecule has 0 radical (unpaired) electrons. The van der Waals surface area contributed by atoms with Gasteiger partial charge < -0.3 is 10.1 Å². The van der Waals surface area contributed by atoms with Gasteiger partial charge >= 0.3 is 0 Å². The Kier molecular flexibility index (Phi) is 6.92. The van der Waals surface area contributed by atoms with Gasteiger partial charge in [-0.15, -0.1) is 17.9 Å². The number of halogens is 1. The van der Waals surface area contributed by atoms with Crippen LogP contribution in [0.3, 0.4) is 0 Å². The Labute approximate surface area is 103 Å². The fourth-order valence-electron chi connectivity index (χ4n) is 1.07. The number of hydrogen-bond donors (Lipinski definition) is 1. The van der Waals surface area contributed by atoms with Gasteiger partial charge in [0.25, 0.3) is 0 Å². The van der Waals surface area contributed by atoms with Gasteiger partial charge in [0.2, 0.25) is 0 Å². The van der Waals surface area contributed by atoms with Crippen LogP contribution in [0.25, 0.3) is 0 Å². The van der Waals surface area contributed by atoms with Crippen LogP contribution in [0.4, 0.5) is 0 Å². The maximum Gasteiger partial charge on any atom is 0.0701 e. The van der Waals surface area contributed by atoms with Crippen LogP contribution in [0, 0.1) is 0 Å². The van der Waals surface area contributed by atoms with Gasteiger partial charge in [-0.05, 0) is 34.5 Å². The monoisotopic (exact) mass is 289 g/mol. The number of nitrogens with one attached hydrogen (secondary N) is 1. The van der Waals surface area contributed by atoms with Crippen molar-refractivity contribution < 1.29 is 4.74 Å². The van der Waals surface area contributed by atoms with Gasteiger partial charge in [-0.25, -0.2) is 0 Å². The van der Waals surface area contributed by atoms with E-state index in [9.17, 15) is 0 Å². The van der Waals surface area contributed by atoms with Gasteiger partial charge in [0.1, 0.15) is 0 Å². The van der Waals surface area contributed by atoms with E-state index >= 15 is 0 Å². The predicted octanol–water partition coefficient (Wildman–Crippen LogP) is 3.19. The molecular formula is C11H16BrNOS. The van der Waals surface area contributed by atoms with E-state index in [1.165, 1.54) is 8.66 Å². The Morgan fingerprint density at radius 1 is 1.47 bits per heavy atom. The van der Waals surface area contributed by atoms with Crippen molar-refractivity contribution in [2.45, 2.75) is 13.0 Å². The maximum absolute atomic E-state index is 5.38. The van der Waals surface area contributed by atoms with Gasteiger partial charge in [0, 0.05) is 18.0 Å². The fourth-order valence-corrected chi connectivity index (χ4v) is 2.52. The van der Waals surface area contributed by atoms with Crippen molar-refractivity contribution in [3.63, 3.8) is 0 Å². The summed E-state index contributed by atoms with van der Waals surface area (Å²) in [6.07, 6.45) is 2.80. The topological polar surface area (TPSA) is 21.3 Å². The average Bonchev–Trinajstić information content (AvgIpc) is 2.63. The van der Waals surface area contributed by atoms with E-state index in [1.807, 2.05) is 6.08 Å². The van der Waals surface area contributed by atoms with Crippen LogP contribution in [0.2, 0.25) is 0 Å². The zero-order valence-corrected chi connectivity index (χ0v) is 11.1. The summed E-state index contributed by atoms with van der Waals surface area (Å²) >= 11 is 5.20.